The molecule has 190 valence electrons. The largest absolute Gasteiger partial charge is 0.341 e. The van der Waals surface area contributed by atoms with Crippen molar-refractivity contribution >= 4 is 46.5 Å². The summed E-state index contributed by atoms with van der Waals surface area (Å²) in [4.78, 5) is 57.0. The minimum absolute atomic E-state index is 0.0830. The lowest BCUT2D eigenvalue weighted by atomic mass is 9.83. The standard InChI is InChI=1S/C27H24FN3O4S2/c28-17-9-11-18(12-10-17)31-24(33)21-20(16-7-3-1-4-8-16)23-26(36-22(21)25(31)34)30(27(35)37-23)15-19(32)29-13-5-2-6-14-29/h1,3-4,7-12,20-22H,2,5-6,13-15H2. The van der Waals surface area contributed by atoms with Crippen molar-refractivity contribution in [2.45, 2.75) is 42.0 Å². The highest BCUT2D eigenvalue weighted by Crippen LogP contribution is 2.53. The molecule has 3 aromatic rings. The van der Waals surface area contributed by atoms with Crippen molar-refractivity contribution in [2.75, 3.05) is 18.0 Å². The van der Waals surface area contributed by atoms with Crippen molar-refractivity contribution in [1.82, 2.24) is 9.47 Å². The summed E-state index contributed by atoms with van der Waals surface area (Å²) < 4.78 is 15.0. The Morgan fingerprint density at radius 1 is 0.919 bits per heavy atom. The lowest BCUT2D eigenvalue weighted by Gasteiger charge is -2.31. The van der Waals surface area contributed by atoms with Gasteiger partial charge in [-0.05, 0) is 49.1 Å². The monoisotopic (exact) mass is 537 g/mol. The molecule has 1 aromatic heterocycles. The second-order valence-electron chi connectivity index (χ2n) is 9.51. The first-order valence-electron chi connectivity index (χ1n) is 12.3. The van der Waals surface area contributed by atoms with Gasteiger partial charge in [0.25, 0.3) is 0 Å². The first-order valence-corrected chi connectivity index (χ1v) is 14.0. The van der Waals surface area contributed by atoms with Crippen molar-refractivity contribution in [1.29, 1.82) is 0 Å². The van der Waals surface area contributed by atoms with Gasteiger partial charge in [0.15, 0.2) is 0 Å². The van der Waals surface area contributed by atoms with Crippen LogP contribution in [-0.2, 0) is 20.9 Å². The van der Waals surface area contributed by atoms with Crippen LogP contribution in [0.3, 0.4) is 0 Å². The van der Waals surface area contributed by atoms with Crippen LogP contribution in [0.25, 0.3) is 0 Å². The minimum atomic E-state index is -0.763. The molecular formula is C27H24FN3O4S2. The molecule has 0 bridgehead atoms. The van der Waals surface area contributed by atoms with Gasteiger partial charge in [0, 0.05) is 23.9 Å². The fourth-order valence-electron chi connectivity index (χ4n) is 5.50. The molecule has 2 fully saturated rings. The number of nitrogens with zero attached hydrogens (tertiary/aromatic N) is 3. The second kappa shape index (κ2) is 9.57. The van der Waals surface area contributed by atoms with Gasteiger partial charge in [-0.1, -0.05) is 53.4 Å². The summed E-state index contributed by atoms with van der Waals surface area (Å²) >= 11 is 2.24. The fourth-order valence-corrected chi connectivity index (χ4v) is 8.27. The highest BCUT2D eigenvalue weighted by atomic mass is 32.2. The van der Waals surface area contributed by atoms with Crippen molar-refractivity contribution in [3.05, 3.63) is 80.5 Å². The van der Waals surface area contributed by atoms with E-state index in [1.807, 2.05) is 30.3 Å². The zero-order chi connectivity index (χ0) is 25.7. The predicted molar refractivity (Wildman–Crippen MR) is 139 cm³/mol. The summed E-state index contributed by atoms with van der Waals surface area (Å²) in [6, 6.07) is 14.7. The summed E-state index contributed by atoms with van der Waals surface area (Å²) in [5, 5.41) is -0.182. The Hall–Kier alpha value is -3.24. The third-order valence-electron chi connectivity index (χ3n) is 7.29. The predicted octanol–water partition coefficient (Wildman–Crippen LogP) is 3.86. The van der Waals surface area contributed by atoms with Crippen LogP contribution in [0.4, 0.5) is 10.1 Å². The number of anilines is 1. The average Bonchev–Trinajstić information content (AvgIpc) is 3.36. The number of thiazole rings is 1. The molecule has 3 atom stereocenters. The van der Waals surface area contributed by atoms with E-state index < -0.39 is 28.8 Å². The van der Waals surface area contributed by atoms with Gasteiger partial charge < -0.3 is 4.90 Å². The Bertz CT molecular complexity index is 1430. The summed E-state index contributed by atoms with van der Waals surface area (Å²) in [5.41, 5.74) is 1.15. The van der Waals surface area contributed by atoms with Gasteiger partial charge in [-0.3, -0.25) is 23.7 Å². The second-order valence-corrected chi connectivity index (χ2v) is 11.6. The van der Waals surface area contributed by atoms with E-state index in [-0.39, 0.29) is 23.2 Å². The number of carbonyl (C=O) groups is 3. The zero-order valence-corrected chi connectivity index (χ0v) is 21.5. The zero-order valence-electron chi connectivity index (χ0n) is 19.8. The number of imide groups is 1. The van der Waals surface area contributed by atoms with Crippen LogP contribution in [0, 0.1) is 11.7 Å². The van der Waals surface area contributed by atoms with E-state index in [4.69, 9.17) is 0 Å². The van der Waals surface area contributed by atoms with Gasteiger partial charge >= 0.3 is 4.87 Å². The molecule has 4 heterocycles. The summed E-state index contributed by atoms with van der Waals surface area (Å²) in [7, 11) is 0. The molecule has 10 heteroatoms. The fraction of sp³-hybridized carbons (Fsp3) is 0.333. The van der Waals surface area contributed by atoms with E-state index in [1.54, 1.807) is 4.90 Å². The SMILES string of the molecule is O=C(Cn1c2c(sc1=O)C(c1ccccc1)C1C(=O)N(c3ccc(F)cc3)C(=O)C1S2)N1CCCCC1. The molecule has 37 heavy (non-hydrogen) atoms. The molecule has 0 saturated carbocycles. The van der Waals surface area contributed by atoms with Crippen molar-refractivity contribution in [3.8, 4) is 0 Å². The maximum Gasteiger partial charge on any atom is 0.308 e. The molecule has 7 nitrogen and oxygen atoms in total. The number of hydrogen-bond donors (Lipinski definition) is 0. The normalized spacial score (nSPS) is 23.2. The lowest BCUT2D eigenvalue weighted by molar-refractivity contribution is -0.133. The van der Waals surface area contributed by atoms with Crippen LogP contribution in [0.15, 0.2) is 64.4 Å². The number of likely N-dealkylation sites (tertiary alicyclic amines) is 1. The highest BCUT2D eigenvalue weighted by Gasteiger charge is 2.56. The maximum absolute atomic E-state index is 13.8. The Labute approximate surface area is 220 Å². The van der Waals surface area contributed by atoms with Gasteiger partial charge in [-0.25, -0.2) is 9.29 Å². The third kappa shape index (κ3) is 4.12. The summed E-state index contributed by atoms with van der Waals surface area (Å²) in [5.74, 6) is -2.56. The first kappa shape index (κ1) is 24.1. The number of carbonyl (C=O) groups excluding carboxylic acids is 3. The highest BCUT2D eigenvalue weighted by molar-refractivity contribution is 8.00. The molecule has 0 aliphatic carbocycles. The van der Waals surface area contributed by atoms with E-state index in [1.165, 1.54) is 40.6 Å². The van der Waals surface area contributed by atoms with E-state index in [0.717, 1.165) is 41.1 Å². The van der Waals surface area contributed by atoms with E-state index in [2.05, 4.69) is 0 Å². The van der Waals surface area contributed by atoms with E-state index in [9.17, 15) is 23.6 Å². The van der Waals surface area contributed by atoms with Gasteiger partial charge in [-0.15, -0.1) is 0 Å². The number of rotatable bonds is 4. The maximum atomic E-state index is 13.8. The Balaban J connectivity index is 1.42. The van der Waals surface area contributed by atoms with Crippen molar-refractivity contribution < 1.29 is 18.8 Å². The molecule has 2 aromatic carbocycles. The number of aromatic nitrogens is 1. The number of amides is 3. The molecule has 3 amide bonds. The smallest absolute Gasteiger partial charge is 0.308 e. The quantitative estimate of drug-likeness (QED) is 0.473. The molecule has 3 unspecified atom stereocenters. The van der Waals surface area contributed by atoms with Crippen LogP contribution in [0.2, 0.25) is 0 Å². The average molecular weight is 538 g/mol. The van der Waals surface area contributed by atoms with E-state index in [0.29, 0.717) is 28.7 Å². The number of benzene rings is 2. The molecule has 6 rings (SSSR count). The van der Waals surface area contributed by atoms with Gasteiger partial charge in [0.2, 0.25) is 17.7 Å². The van der Waals surface area contributed by atoms with Crippen molar-refractivity contribution in [2.24, 2.45) is 5.92 Å². The number of thioether (sulfide) groups is 1. The number of hydrogen-bond acceptors (Lipinski definition) is 6. The molecule has 2 saturated heterocycles. The Morgan fingerprint density at radius 2 is 1.62 bits per heavy atom. The number of halogens is 1. The van der Waals surface area contributed by atoms with Crippen LogP contribution in [-0.4, -0.2) is 45.5 Å². The van der Waals surface area contributed by atoms with Crippen LogP contribution >= 0.6 is 23.1 Å². The third-order valence-corrected chi connectivity index (χ3v) is 9.90. The molecular weight excluding hydrogens is 513 g/mol. The van der Waals surface area contributed by atoms with Gasteiger partial charge in [0.1, 0.15) is 17.6 Å². The molecule has 0 radical (unpaired) electrons. The van der Waals surface area contributed by atoms with Gasteiger partial charge in [0.05, 0.1) is 16.6 Å². The first-order chi connectivity index (χ1) is 17.9. The van der Waals surface area contributed by atoms with Crippen molar-refractivity contribution in [3.63, 3.8) is 0 Å². The van der Waals surface area contributed by atoms with Gasteiger partial charge in [-0.2, -0.15) is 0 Å². The Kier molecular flexibility index (Phi) is 6.24. The summed E-state index contributed by atoms with van der Waals surface area (Å²) in [6.07, 6.45) is 3.00. The number of piperidine rings is 1. The van der Waals surface area contributed by atoms with Crippen LogP contribution < -0.4 is 9.77 Å². The molecule has 0 N–H and O–H groups in total. The van der Waals surface area contributed by atoms with Crippen LogP contribution in [0.5, 0.6) is 0 Å². The van der Waals surface area contributed by atoms with Crippen LogP contribution in [0.1, 0.15) is 35.6 Å². The summed E-state index contributed by atoms with van der Waals surface area (Å²) in [6.45, 7) is 1.29. The Morgan fingerprint density at radius 3 is 2.32 bits per heavy atom. The number of fused-ring (bicyclic) bond motifs is 2. The molecule has 0 spiro atoms. The molecule has 3 aliphatic heterocycles. The minimum Gasteiger partial charge on any atom is -0.341 e. The lowest BCUT2D eigenvalue weighted by Crippen LogP contribution is -2.39. The topological polar surface area (TPSA) is 79.7 Å². The van der Waals surface area contributed by atoms with E-state index >= 15 is 0 Å². The molecule has 3 aliphatic rings.